The van der Waals surface area contributed by atoms with Gasteiger partial charge in [-0.25, -0.2) is 4.98 Å². The van der Waals surface area contributed by atoms with E-state index in [1.165, 1.54) is 39.0 Å². The summed E-state index contributed by atoms with van der Waals surface area (Å²) in [6.45, 7) is 18.7. The summed E-state index contributed by atoms with van der Waals surface area (Å²) in [6.07, 6.45) is 15.5. The molecule has 0 saturated carbocycles. The number of rotatable bonds is 11. The lowest BCUT2D eigenvalue weighted by molar-refractivity contribution is 0.953. The Labute approximate surface area is 395 Å². The molecule has 2 aromatic heterocycles. The molecule has 0 unspecified atom stereocenters. The third-order valence-electron chi connectivity index (χ3n) is 12.7. The van der Waals surface area contributed by atoms with E-state index in [9.17, 15) is 0 Å². The Morgan fingerprint density at radius 3 is 2.03 bits per heavy atom. The Bertz CT molecular complexity index is 3410. The fraction of sp³-hybridized carbons (Fsp3) is 0.127. The van der Waals surface area contributed by atoms with Crippen molar-refractivity contribution in [1.82, 2.24) is 19.5 Å². The molecule has 0 amide bonds. The van der Waals surface area contributed by atoms with Gasteiger partial charge in [0.1, 0.15) is 0 Å². The van der Waals surface area contributed by atoms with Crippen molar-refractivity contribution >= 4 is 33.0 Å². The summed E-state index contributed by atoms with van der Waals surface area (Å²) in [5, 5.41) is 2.29. The van der Waals surface area contributed by atoms with Gasteiger partial charge in [-0.2, -0.15) is 9.97 Å². The van der Waals surface area contributed by atoms with Gasteiger partial charge in [0.15, 0.2) is 11.6 Å². The molecular formula is C63H56N4. The van der Waals surface area contributed by atoms with Crippen LogP contribution in [0.25, 0.3) is 95.1 Å². The average Bonchev–Trinajstić information content (AvgIpc) is 3.71. The predicted molar refractivity (Wildman–Crippen MR) is 286 cm³/mol. The van der Waals surface area contributed by atoms with Crippen LogP contribution < -0.4 is 0 Å². The first-order valence-corrected chi connectivity index (χ1v) is 23.5. The largest absolute Gasteiger partial charge is 0.277 e. The van der Waals surface area contributed by atoms with E-state index in [0.717, 1.165) is 85.6 Å². The van der Waals surface area contributed by atoms with E-state index in [1.807, 2.05) is 38.1 Å². The lowest BCUT2D eigenvalue weighted by Gasteiger charge is -2.17. The summed E-state index contributed by atoms with van der Waals surface area (Å²) in [6, 6.07) is 54.4. The van der Waals surface area contributed by atoms with Crippen molar-refractivity contribution in [2.24, 2.45) is 0 Å². The first-order valence-electron chi connectivity index (χ1n) is 23.5. The minimum Gasteiger partial charge on any atom is -0.277 e. The highest BCUT2D eigenvalue weighted by molar-refractivity contribution is 6.14. The Balaban J connectivity index is 0.00000278. The van der Waals surface area contributed by atoms with Gasteiger partial charge < -0.3 is 0 Å². The Hall–Kier alpha value is -7.95. The number of allylic oxidation sites excluding steroid dienone is 8. The van der Waals surface area contributed by atoms with Crippen LogP contribution in [0.3, 0.4) is 0 Å². The van der Waals surface area contributed by atoms with Crippen LogP contribution in [-0.2, 0) is 0 Å². The fourth-order valence-electron chi connectivity index (χ4n) is 9.40. The summed E-state index contributed by atoms with van der Waals surface area (Å²) in [5.74, 6) is 1.77. The first-order chi connectivity index (χ1) is 32.9. The monoisotopic (exact) mass is 868 g/mol. The molecule has 10 rings (SSSR count). The van der Waals surface area contributed by atoms with Crippen molar-refractivity contribution in [3.05, 3.63) is 229 Å². The molecule has 7 aromatic carbocycles. The van der Waals surface area contributed by atoms with Gasteiger partial charge in [-0.15, -0.1) is 6.58 Å². The summed E-state index contributed by atoms with van der Waals surface area (Å²) < 4.78 is 2.27. The van der Waals surface area contributed by atoms with E-state index in [0.29, 0.717) is 17.6 Å². The second-order valence-corrected chi connectivity index (χ2v) is 17.0. The maximum atomic E-state index is 5.40. The molecule has 1 aliphatic rings. The standard InChI is InChI=1S/C61H50N4.C2H6/c1-6-7-10-20-40(2)50-35-33-49(37-43(50)5)60-62-59(45-25-13-9-14-26-45)63-61(64-60)65-56-36-34-46(44-23-11-8-12-24-44)39-55(56)54-32-19-31-53(58(54)65)48-28-18-27-47(38-48)52-30-17-22-42(4)57(52)51-29-16-15-21-41(51)3;1-2/h6,8-11,13-23,25-39H,1-2,7,12,24H2,3-5H3;1-2H3/b20-10-;. The molecule has 0 N–H and O–H groups in total. The van der Waals surface area contributed by atoms with Gasteiger partial charge in [0.05, 0.1) is 11.0 Å². The van der Waals surface area contributed by atoms with E-state index in [4.69, 9.17) is 15.0 Å². The Morgan fingerprint density at radius 1 is 0.597 bits per heavy atom. The first kappa shape index (κ1) is 44.3. The predicted octanol–water partition coefficient (Wildman–Crippen LogP) is 17.1. The summed E-state index contributed by atoms with van der Waals surface area (Å²) in [7, 11) is 0. The third kappa shape index (κ3) is 8.79. The molecular weight excluding hydrogens is 813 g/mol. The van der Waals surface area contributed by atoms with Gasteiger partial charge in [0, 0.05) is 27.5 Å². The smallest absolute Gasteiger partial charge is 0.238 e. The van der Waals surface area contributed by atoms with Gasteiger partial charge in [-0.1, -0.05) is 184 Å². The number of hydrogen-bond acceptors (Lipinski definition) is 3. The van der Waals surface area contributed by atoms with Crippen LogP contribution in [-0.4, -0.2) is 19.5 Å². The van der Waals surface area contributed by atoms with Crippen LogP contribution in [0, 0.1) is 20.8 Å². The number of hydrogen-bond donors (Lipinski definition) is 0. The van der Waals surface area contributed by atoms with Gasteiger partial charge >= 0.3 is 0 Å². The summed E-state index contributed by atoms with van der Waals surface area (Å²) >= 11 is 0. The maximum Gasteiger partial charge on any atom is 0.238 e. The summed E-state index contributed by atoms with van der Waals surface area (Å²) in [5.41, 5.74) is 19.2. The van der Waals surface area contributed by atoms with E-state index >= 15 is 0 Å². The number of nitrogens with zero attached hydrogens (tertiary/aromatic N) is 4. The number of aryl methyl sites for hydroxylation is 3. The van der Waals surface area contributed by atoms with Crippen LogP contribution in [0.2, 0.25) is 0 Å². The summed E-state index contributed by atoms with van der Waals surface area (Å²) in [4.78, 5) is 15.9. The number of aromatic nitrogens is 4. The van der Waals surface area contributed by atoms with Crippen molar-refractivity contribution in [3.63, 3.8) is 0 Å². The lowest BCUT2D eigenvalue weighted by Crippen LogP contribution is -2.07. The average molecular weight is 869 g/mol. The SMILES string of the molecule is C=CC/C=C\C(=C)c1ccc(-c2nc(-c3ccccc3)nc(-n3c4ccc(C5=CC=CCC5)cc4c4cccc(-c5cccc(-c6cccc(C)c6-c6ccccc6C)c5)c43)n2)cc1C.CC. The van der Waals surface area contributed by atoms with Crippen molar-refractivity contribution < 1.29 is 0 Å². The highest BCUT2D eigenvalue weighted by Crippen LogP contribution is 2.42. The normalized spacial score (nSPS) is 12.3. The van der Waals surface area contributed by atoms with Gasteiger partial charge in [-0.05, 0) is 131 Å². The lowest BCUT2D eigenvalue weighted by atomic mass is 9.88. The molecule has 1 aliphatic carbocycles. The van der Waals surface area contributed by atoms with Crippen molar-refractivity contribution in [3.8, 4) is 62.1 Å². The zero-order chi connectivity index (χ0) is 46.4. The minimum absolute atomic E-state index is 0.559. The molecule has 0 atom stereocenters. The molecule has 0 saturated heterocycles. The van der Waals surface area contributed by atoms with Crippen molar-refractivity contribution in [1.29, 1.82) is 0 Å². The molecule has 0 radical (unpaired) electrons. The van der Waals surface area contributed by atoms with E-state index in [2.05, 4.69) is 202 Å². The van der Waals surface area contributed by atoms with Gasteiger partial charge in [0.2, 0.25) is 5.95 Å². The Morgan fingerprint density at radius 2 is 1.27 bits per heavy atom. The number of benzene rings is 7. The van der Waals surface area contributed by atoms with E-state index in [1.54, 1.807) is 0 Å². The fourth-order valence-corrected chi connectivity index (χ4v) is 9.40. The van der Waals surface area contributed by atoms with Crippen molar-refractivity contribution in [2.75, 3.05) is 0 Å². The quantitative estimate of drug-likeness (QED) is 0.0961. The molecule has 0 aliphatic heterocycles. The van der Waals surface area contributed by atoms with Crippen LogP contribution >= 0.6 is 0 Å². The highest BCUT2D eigenvalue weighted by Gasteiger charge is 2.22. The van der Waals surface area contributed by atoms with Crippen LogP contribution in [0.4, 0.5) is 0 Å². The molecule has 2 heterocycles. The molecule has 4 heteroatoms. The zero-order valence-electron chi connectivity index (χ0n) is 39.2. The third-order valence-corrected chi connectivity index (χ3v) is 12.7. The van der Waals surface area contributed by atoms with Gasteiger partial charge in [-0.3, -0.25) is 4.57 Å². The molecule has 0 spiro atoms. The molecule has 0 fully saturated rings. The molecule has 4 nitrogen and oxygen atoms in total. The second kappa shape index (κ2) is 19.7. The van der Waals surface area contributed by atoms with E-state index in [-0.39, 0.29) is 0 Å². The minimum atomic E-state index is 0.559. The zero-order valence-corrected chi connectivity index (χ0v) is 39.2. The number of para-hydroxylation sites is 1. The molecule has 67 heavy (non-hydrogen) atoms. The van der Waals surface area contributed by atoms with Gasteiger partial charge in [0.25, 0.3) is 0 Å². The van der Waals surface area contributed by atoms with E-state index < -0.39 is 0 Å². The van der Waals surface area contributed by atoms with Crippen LogP contribution in [0.5, 0.6) is 0 Å². The van der Waals surface area contributed by atoms with Crippen molar-refractivity contribution in [2.45, 2.75) is 53.9 Å². The molecule has 0 bridgehead atoms. The van der Waals surface area contributed by atoms with Crippen LogP contribution in [0.1, 0.15) is 60.9 Å². The number of fused-ring (bicyclic) bond motifs is 3. The Kier molecular flexibility index (Phi) is 13.0. The highest BCUT2D eigenvalue weighted by atomic mass is 15.2. The maximum absolute atomic E-state index is 5.40. The molecule has 9 aromatic rings. The second-order valence-electron chi connectivity index (χ2n) is 17.0. The topological polar surface area (TPSA) is 43.6 Å². The molecule has 328 valence electrons. The van der Waals surface area contributed by atoms with Crippen LogP contribution in [0.15, 0.2) is 201 Å².